The van der Waals surface area contributed by atoms with Gasteiger partial charge in [0.1, 0.15) is 0 Å². The molecule has 0 aliphatic heterocycles. The van der Waals surface area contributed by atoms with Crippen LogP contribution in [0.3, 0.4) is 0 Å². The van der Waals surface area contributed by atoms with Crippen molar-refractivity contribution >= 4 is 5.57 Å². The van der Waals surface area contributed by atoms with Crippen LogP contribution in [0.2, 0.25) is 0 Å². The molecule has 2 nitrogen and oxygen atoms in total. The number of rotatable bonds is 1. The molecule has 0 fully saturated rings. The van der Waals surface area contributed by atoms with Crippen LogP contribution < -0.4 is 0 Å². The van der Waals surface area contributed by atoms with E-state index in [-0.39, 0.29) is 6.10 Å². The molecule has 0 bridgehead atoms. The highest BCUT2D eigenvalue weighted by atomic mass is 16.3. The Kier molecular flexibility index (Phi) is 2.15. The van der Waals surface area contributed by atoms with Crippen molar-refractivity contribution in [2.75, 3.05) is 0 Å². The molecule has 1 aromatic rings. The molecule has 13 heavy (non-hydrogen) atoms. The molecule has 0 spiro atoms. The Balaban J connectivity index is 2.36. The SMILES string of the molecule is Cc1ccncc1C1=CC(O)CC1. The molecule has 2 heteroatoms. The Hall–Kier alpha value is -1.15. The fourth-order valence-electron chi connectivity index (χ4n) is 1.73. The third-order valence-corrected chi connectivity index (χ3v) is 2.49. The van der Waals surface area contributed by atoms with E-state index in [1.54, 1.807) is 6.20 Å². The van der Waals surface area contributed by atoms with E-state index in [0.717, 1.165) is 12.8 Å². The van der Waals surface area contributed by atoms with E-state index in [1.807, 2.05) is 18.3 Å². The molecule has 0 aromatic carbocycles. The molecule has 0 radical (unpaired) electrons. The monoisotopic (exact) mass is 175 g/mol. The maximum Gasteiger partial charge on any atom is 0.0730 e. The van der Waals surface area contributed by atoms with E-state index in [9.17, 15) is 5.11 Å². The molecule has 1 unspecified atom stereocenters. The number of hydrogen-bond acceptors (Lipinski definition) is 2. The fraction of sp³-hybridized carbons (Fsp3) is 0.364. The second-order valence-electron chi connectivity index (χ2n) is 3.49. The predicted molar refractivity (Wildman–Crippen MR) is 52.2 cm³/mol. The van der Waals surface area contributed by atoms with Gasteiger partial charge in [-0.1, -0.05) is 6.08 Å². The summed E-state index contributed by atoms with van der Waals surface area (Å²) in [7, 11) is 0. The number of hydrogen-bond donors (Lipinski definition) is 1. The summed E-state index contributed by atoms with van der Waals surface area (Å²) in [5, 5.41) is 9.35. The van der Waals surface area contributed by atoms with E-state index < -0.39 is 0 Å². The van der Waals surface area contributed by atoms with Crippen molar-refractivity contribution in [3.8, 4) is 0 Å². The van der Waals surface area contributed by atoms with Crippen LogP contribution in [0.4, 0.5) is 0 Å². The van der Waals surface area contributed by atoms with Crippen LogP contribution in [0.25, 0.3) is 5.57 Å². The molecule has 1 aliphatic rings. The molecule has 1 N–H and O–H groups in total. The smallest absolute Gasteiger partial charge is 0.0730 e. The highest BCUT2D eigenvalue weighted by Gasteiger charge is 2.15. The average molecular weight is 175 g/mol. The van der Waals surface area contributed by atoms with Gasteiger partial charge in [-0.25, -0.2) is 0 Å². The van der Waals surface area contributed by atoms with Crippen LogP contribution in [0, 0.1) is 6.92 Å². The third-order valence-electron chi connectivity index (χ3n) is 2.49. The minimum Gasteiger partial charge on any atom is -0.389 e. The largest absolute Gasteiger partial charge is 0.389 e. The lowest BCUT2D eigenvalue weighted by Crippen LogP contribution is -1.93. The van der Waals surface area contributed by atoms with E-state index in [0.29, 0.717) is 0 Å². The van der Waals surface area contributed by atoms with Crippen LogP contribution >= 0.6 is 0 Å². The molecule has 2 rings (SSSR count). The van der Waals surface area contributed by atoms with Crippen molar-refractivity contribution in [3.63, 3.8) is 0 Å². The van der Waals surface area contributed by atoms with E-state index in [1.165, 1.54) is 16.7 Å². The highest BCUT2D eigenvalue weighted by molar-refractivity contribution is 5.69. The first-order chi connectivity index (χ1) is 6.27. The standard InChI is InChI=1S/C11H13NO/c1-8-4-5-12-7-11(8)9-2-3-10(13)6-9/h4-7,10,13H,2-3H2,1H3. The topological polar surface area (TPSA) is 33.1 Å². The molecule has 0 saturated carbocycles. The lowest BCUT2D eigenvalue weighted by molar-refractivity contribution is 0.223. The van der Waals surface area contributed by atoms with Crippen molar-refractivity contribution < 1.29 is 5.11 Å². The quantitative estimate of drug-likeness (QED) is 0.707. The Bertz CT molecular complexity index is 344. The minimum atomic E-state index is -0.255. The average Bonchev–Trinajstić information content (AvgIpc) is 2.53. The Morgan fingerprint density at radius 3 is 3.00 bits per heavy atom. The van der Waals surface area contributed by atoms with Gasteiger partial charge >= 0.3 is 0 Å². The first kappa shape index (κ1) is 8.45. The van der Waals surface area contributed by atoms with E-state index in [2.05, 4.69) is 11.9 Å². The molecular weight excluding hydrogens is 162 g/mol. The van der Waals surface area contributed by atoms with Gasteiger partial charge in [-0.15, -0.1) is 0 Å². The fourth-order valence-corrected chi connectivity index (χ4v) is 1.73. The van der Waals surface area contributed by atoms with Crippen LogP contribution in [0.5, 0.6) is 0 Å². The number of aliphatic hydroxyl groups is 1. The number of nitrogens with zero attached hydrogens (tertiary/aromatic N) is 1. The summed E-state index contributed by atoms with van der Waals surface area (Å²) in [5.74, 6) is 0. The third kappa shape index (κ3) is 1.63. The molecule has 0 saturated heterocycles. The number of aromatic nitrogens is 1. The summed E-state index contributed by atoms with van der Waals surface area (Å²) < 4.78 is 0. The van der Waals surface area contributed by atoms with Gasteiger partial charge in [-0.3, -0.25) is 4.98 Å². The molecule has 1 aromatic heterocycles. The summed E-state index contributed by atoms with van der Waals surface area (Å²) in [6, 6.07) is 2.00. The minimum absolute atomic E-state index is 0.255. The van der Waals surface area contributed by atoms with Gasteiger partial charge in [0.05, 0.1) is 6.10 Å². The van der Waals surface area contributed by atoms with Gasteiger partial charge < -0.3 is 5.11 Å². The van der Waals surface area contributed by atoms with Crippen molar-refractivity contribution in [1.29, 1.82) is 0 Å². The number of allylic oxidation sites excluding steroid dienone is 1. The molecule has 68 valence electrons. The number of aliphatic hydroxyl groups excluding tert-OH is 1. The zero-order valence-electron chi connectivity index (χ0n) is 7.70. The van der Waals surface area contributed by atoms with Gasteiger partial charge in [0.2, 0.25) is 0 Å². The molecule has 0 amide bonds. The van der Waals surface area contributed by atoms with Gasteiger partial charge in [0.15, 0.2) is 0 Å². The van der Waals surface area contributed by atoms with E-state index >= 15 is 0 Å². The van der Waals surface area contributed by atoms with Crippen LogP contribution in [0.15, 0.2) is 24.5 Å². The maximum absolute atomic E-state index is 9.35. The van der Waals surface area contributed by atoms with Gasteiger partial charge in [-0.05, 0) is 42.5 Å². The first-order valence-corrected chi connectivity index (χ1v) is 4.57. The molecular formula is C11H13NO. The summed E-state index contributed by atoms with van der Waals surface area (Å²) in [6.45, 7) is 2.07. The lowest BCUT2D eigenvalue weighted by atomic mass is 10.0. The molecule has 1 heterocycles. The Morgan fingerprint density at radius 2 is 2.38 bits per heavy atom. The van der Waals surface area contributed by atoms with Crippen molar-refractivity contribution in [2.45, 2.75) is 25.9 Å². The van der Waals surface area contributed by atoms with Crippen LogP contribution in [0.1, 0.15) is 24.0 Å². The number of aryl methyl sites for hydroxylation is 1. The summed E-state index contributed by atoms with van der Waals surface area (Å²) in [5.41, 5.74) is 3.65. The summed E-state index contributed by atoms with van der Waals surface area (Å²) in [4.78, 5) is 4.09. The van der Waals surface area contributed by atoms with Crippen molar-refractivity contribution in [2.24, 2.45) is 0 Å². The number of pyridine rings is 1. The Labute approximate surface area is 77.9 Å². The second kappa shape index (κ2) is 3.30. The van der Waals surface area contributed by atoms with Crippen molar-refractivity contribution in [1.82, 2.24) is 4.98 Å². The van der Waals surface area contributed by atoms with Crippen LogP contribution in [-0.4, -0.2) is 16.2 Å². The van der Waals surface area contributed by atoms with Crippen LogP contribution in [-0.2, 0) is 0 Å². The zero-order valence-corrected chi connectivity index (χ0v) is 7.70. The zero-order chi connectivity index (χ0) is 9.26. The summed E-state index contributed by atoms with van der Waals surface area (Å²) in [6.07, 6.45) is 7.17. The predicted octanol–water partition coefficient (Wildman–Crippen LogP) is 1.93. The first-order valence-electron chi connectivity index (χ1n) is 4.57. The van der Waals surface area contributed by atoms with Gasteiger partial charge in [0, 0.05) is 12.4 Å². The normalized spacial score (nSPS) is 21.7. The maximum atomic E-state index is 9.35. The summed E-state index contributed by atoms with van der Waals surface area (Å²) >= 11 is 0. The second-order valence-corrected chi connectivity index (χ2v) is 3.49. The lowest BCUT2D eigenvalue weighted by Gasteiger charge is -2.04. The Morgan fingerprint density at radius 1 is 1.54 bits per heavy atom. The van der Waals surface area contributed by atoms with Gasteiger partial charge in [0.25, 0.3) is 0 Å². The van der Waals surface area contributed by atoms with Gasteiger partial charge in [-0.2, -0.15) is 0 Å². The van der Waals surface area contributed by atoms with E-state index in [4.69, 9.17) is 0 Å². The molecule has 1 aliphatic carbocycles. The highest BCUT2D eigenvalue weighted by Crippen LogP contribution is 2.28. The van der Waals surface area contributed by atoms with Crippen molar-refractivity contribution in [3.05, 3.63) is 35.7 Å². The molecule has 1 atom stereocenters.